The third-order valence-electron chi connectivity index (χ3n) is 15.9. The highest BCUT2D eigenvalue weighted by molar-refractivity contribution is 5.83. The van der Waals surface area contributed by atoms with Crippen molar-refractivity contribution in [3.05, 3.63) is 0 Å². The Kier molecular flexibility index (Phi) is 22.9. The average molecular weight is 1090 g/mol. The number of Topliss-reactive ketones (excluding diaryl/α,β-unsaturated/α-hetero) is 1. The van der Waals surface area contributed by atoms with Crippen molar-refractivity contribution in [2.75, 3.05) is 34.4 Å². The van der Waals surface area contributed by atoms with E-state index in [1.54, 1.807) is 27.7 Å². The molecule has 0 aromatic carbocycles. The molecule has 4 aliphatic rings. The zero-order valence-corrected chi connectivity index (χ0v) is 45.2. The van der Waals surface area contributed by atoms with E-state index in [9.17, 15) is 80.8 Å². The fourth-order valence-electron chi connectivity index (χ4n) is 11.1. The summed E-state index contributed by atoms with van der Waals surface area (Å²) in [4.78, 5) is 43.8. The molecule has 26 heteroatoms. The van der Waals surface area contributed by atoms with Gasteiger partial charge in [0.05, 0.1) is 72.9 Å². The molecule has 14 N–H and O–H groups in total. The number of aliphatic hydroxyl groups is 13. The van der Waals surface area contributed by atoms with Gasteiger partial charge >= 0.3 is 5.97 Å². The lowest BCUT2D eigenvalue weighted by Gasteiger charge is -2.50. The number of carbonyl (C=O) groups is 3. The number of amides is 1. The van der Waals surface area contributed by atoms with Gasteiger partial charge in [-0.15, -0.1) is 0 Å². The largest absolute Gasteiger partial charge is 0.459 e. The van der Waals surface area contributed by atoms with E-state index in [1.165, 1.54) is 67.6 Å². The first-order chi connectivity index (χ1) is 34.7. The fourth-order valence-corrected chi connectivity index (χ4v) is 11.1. The molecule has 0 aromatic heterocycles. The molecule has 4 heterocycles. The lowest BCUT2D eigenvalue weighted by atomic mass is 9.74. The predicted octanol–water partition coefficient (Wildman–Crippen LogP) is -4.86. The Balaban J connectivity index is 1.73. The molecule has 0 spiro atoms. The van der Waals surface area contributed by atoms with E-state index in [-0.39, 0.29) is 19.3 Å². The molecule has 4 saturated heterocycles. The molecular formula is C49H88N2O24. The number of nitrogens with one attached hydrogen (secondary N) is 1. The second-order valence-corrected chi connectivity index (χ2v) is 22.1. The lowest BCUT2D eigenvalue weighted by molar-refractivity contribution is -0.326. The summed E-state index contributed by atoms with van der Waals surface area (Å²) in [5, 5.41) is 145. The molecule has 2 unspecified atom stereocenters. The fraction of sp³-hybridized carbons (Fsp3) is 0.939. The molecule has 0 saturated carbocycles. The Labute approximate surface area is 437 Å². The van der Waals surface area contributed by atoms with Gasteiger partial charge in [-0.3, -0.25) is 14.4 Å². The smallest absolute Gasteiger partial charge is 0.311 e. The van der Waals surface area contributed by atoms with Crippen LogP contribution in [0.4, 0.5) is 0 Å². The average Bonchev–Trinajstić information content (AvgIpc) is 3.35. The molecule has 0 bridgehead atoms. The maximum absolute atomic E-state index is 14.4. The van der Waals surface area contributed by atoms with Crippen LogP contribution in [0.25, 0.3) is 0 Å². The number of rotatable bonds is 16. The van der Waals surface area contributed by atoms with Gasteiger partial charge in [-0.05, 0) is 68.5 Å². The molecule has 75 heavy (non-hydrogen) atoms. The molecule has 28 atom stereocenters. The number of hydrogen-bond donors (Lipinski definition) is 14. The van der Waals surface area contributed by atoms with Crippen molar-refractivity contribution in [1.29, 1.82) is 0 Å². The highest BCUT2D eigenvalue weighted by Gasteiger charge is 2.56. The summed E-state index contributed by atoms with van der Waals surface area (Å²) in [6.07, 6.45) is -32.3. The van der Waals surface area contributed by atoms with Crippen molar-refractivity contribution in [3.63, 3.8) is 0 Å². The van der Waals surface area contributed by atoms with Crippen LogP contribution in [0.2, 0.25) is 0 Å². The number of cyclic esters (lactones) is 1. The summed E-state index contributed by atoms with van der Waals surface area (Å²) < 4.78 is 48.1. The number of carbonyl (C=O) groups excluding carboxylic acids is 3. The zero-order chi connectivity index (χ0) is 57.1. The normalized spacial score (nSPS) is 46.5. The van der Waals surface area contributed by atoms with Crippen LogP contribution in [0.15, 0.2) is 0 Å². The Morgan fingerprint density at radius 1 is 0.800 bits per heavy atom. The molecule has 0 radical (unpaired) electrons. The van der Waals surface area contributed by atoms with Crippen LogP contribution in [0.3, 0.4) is 0 Å². The third-order valence-corrected chi connectivity index (χ3v) is 15.9. The van der Waals surface area contributed by atoms with Crippen molar-refractivity contribution >= 4 is 17.7 Å². The van der Waals surface area contributed by atoms with Crippen LogP contribution < -0.4 is 5.32 Å². The van der Waals surface area contributed by atoms with E-state index in [2.05, 4.69) is 5.32 Å². The van der Waals surface area contributed by atoms with Crippen molar-refractivity contribution in [3.8, 4) is 0 Å². The van der Waals surface area contributed by atoms with Crippen molar-refractivity contribution < 1.29 is 119 Å². The van der Waals surface area contributed by atoms with E-state index >= 15 is 0 Å². The molecule has 4 fully saturated rings. The number of aliphatic hydroxyl groups excluding tert-OH is 11. The van der Waals surface area contributed by atoms with E-state index in [0.717, 1.165) is 0 Å². The topological polar surface area (TPSA) is 403 Å². The number of hydrogen-bond acceptors (Lipinski definition) is 25. The highest BCUT2D eigenvalue weighted by Crippen LogP contribution is 2.41. The number of ether oxygens (including phenoxy) is 8. The van der Waals surface area contributed by atoms with E-state index in [0.29, 0.717) is 0 Å². The van der Waals surface area contributed by atoms with Crippen molar-refractivity contribution in [2.45, 2.75) is 234 Å². The highest BCUT2D eigenvalue weighted by atomic mass is 16.7. The number of nitrogens with zero attached hydrogens (tertiary/aromatic N) is 1. The first-order valence-electron chi connectivity index (χ1n) is 25.7. The minimum absolute atomic E-state index is 0.0181. The molecule has 4 rings (SSSR count). The molecular weight excluding hydrogens is 1000 g/mol. The number of methoxy groups -OCH3 is 1. The summed E-state index contributed by atoms with van der Waals surface area (Å²) in [6, 6.07) is -2.43. The van der Waals surface area contributed by atoms with Gasteiger partial charge in [-0.1, -0.05) is 27.7 Å². The van der Waals surface area contributed by atoms with Crippen LogP contribution >= 0.6 is 0 Å². The minimum atomic E-state index is -2.48. The second-order valence-electron chi connectivity index (χ2n) is 22.1. The lowest BCUT2D eigenvalue weighted by Crippen LogP contribution is -2.69. The second kappa shape index (κ2) is 26.4. The number of ketones is 1. The van der Waals surface area contributed by atoms with E-state index in [4.69, 9.17) is 37.9 Å². The van der Waals surface area contributed by atoms with Crippen LogP contribution in [0.1, 0.15) is 88.5 Å². The van der Waals surface area contributed by atoms with Gasteiger partial charge in [0.15, 0.2) is 25.0 Å². The molecule has 1 amide bonds. The van der Waals surface area contributed by atoms with Gasteiger partial charge in [0.2, 0.25) is 0 Å². The maximum Gasteiger partial charge on any atom is 0.311 e. The predicted molar refractivity (Wildman–Crippen MR) is 257 cm³/mol. The van der Waals surface area contributed by atoms with Gasteiger partial charge < -0.3 is 114 Å². The van der Waals surface area contributed by atoms with Crippen LogP contribution in [-0.4, -0.2) is 269 Å². The van der Waals surface area contributed by atoms with Crippen LogP contribution in [0.5, 0.6) is 0 Å². The van der Waals surface area contributed by atoms with Gasteiger partial charge in [-0.2, -0.15) is 0 Å². The summed E-state index contributed by atoms with van der Waals surface area (Å²) in [5.41, 5.74) is -5.41. The Morgan fingerprint density at radius 3 is 1.96 bits per heavy atom. The van der Waals surface area contributed by atoms with Gasteiger partial charge in [0, 0.05) is 31.3 Å². The Hall–Kier alpha value is -2.23. The quantitative estimate of drug-likeness (QED) is 0.0645. The van der Waals surface area contributed by atoms with Gasteiger partial charge in [0.25, 0.3) is 5.91 Å². The third kappa shape index (κ3) is 14.2. The van der Waals surface area contributed by atoms with E-state index < -0.39 is 200 Å². The zero-order valence-electron chi connectivity index (χ0n) is 45.2. The summed E-state index contributed by atoms with van der Waals surface area (Å²) in [5.74, 6) is -7.45. The van der Waals surface area contributed by atoms with Crippen molar-refractivity contribution in [2.24, 2.45) is 23.7 Å². The molecule has 438 valence electrons. The molecule has 0 aromatic rings. The van der Waals surface area contributed by atoms with Crippen LogP contribution in [0, 0.1) is 23.7 Å². The number of esters is 1. The van der Waals surface area contributed by atoms with Gasteiger partial charge in [0.1, 0.15) is 72.4 Å². The Bertz CT molecular complexity index is 1850. The van der Waals surface area contributed by atoms with Crippen molar-refractivity contribution in [1.82, 2.24) is 10.2 Å². The molecule has 26 nitrogen and oxygen atoms in total. The summed E-state index contributed by atoms with van der Waals surface area (Å²) in [7, 11) is 4.47. The summed E-state index contributed by atoms with van der Waals surface area (Å²) in [6.45, 7) is 13.0. The molecule has 0 aliphatic carbocycles. The first-order valence-corrected chi connectivity index (χ1v) is 25.7. The SMILES string of the molecule is CC[C@H]1OC(=O)[C@H](C)[C@@H](O[C@H]2C[C@@](C)(OC)[C@@H](O)[C@H](C)O2)[C@H](C)C(O[C@H]2O[C@@H](C)C(NC(=O)[C@H](O)[C@@H](O)[C@H](O[C@@H]3O[C@H](CO)[C@H](O)[C@H](O)[C@H]3O)[C@H](O)CO)[C@@H](N(C)C)[C@@H]2O)[C@](C)(O)C[C@@H](C)C(=O)[C@H](C)[C@@H](O)[C@]1(C)O. The van der Waals surface area contributed by atoms with Crippen LogP contribution in [-0.2, 0) is 52.3 Å². The minimum Gasteiger partial charge on any atom is -0.459 e. The number of likely N-dealkylation sites (N-methyl/N-ethyl adjacent to an activating group) is 1. The standard InChI is InChI=1S/C49H88N2O24/c1-14-27-49(10,67)40(62)20(3)31(55)19(2)15-47(8,66)42(21(4)38(22(5)44(65)72-27)73-28-16-48(9,68-13)41(63)24(7)69-28)75-45-33(57)30(51(11)12)29(23(6)70-45)50-43(64)36(60)35(59)39(25(54)17-52)74-46-37(61)34(58)32(56)26(18-53)71-46/h19-30,32-42,45-46,52-54,56-63,66-67H,14-18H2,1-13H3,(H,50,64)/t19-,20+,21+,22-,23+,24+,25-,26-,27-,28+,29?,30-,32+,33+,34+,35-,36-,37-,38+,39-,40-,41+,42?,45-,46+,47-,48-,49-/m1/s1. The van der Waals surface area contributed by atoms with E-state index in [1.807, 2.05) is 0 Å². The maximum atomic E-state index is 14.4. The van der Waals surface area contributed by atoms with Gasteiger partial charge in [-0.25, -0.2) is 0 Å². The Morgan fingerprint density at radius 2 is 1.41 bits per heavy atom. The summed E-state index contributed by atoms with van der Waals surface area (Å²) >= 11 is 0. The monoisotopic (exact) mass is 1090 g/mol. The first kappa shape index (κ1) is 65.3. The molecule has 4 aliphatic heterocycles.